The van der Waals surface area contributed by atoms with Crippen LogP contribution in [0, 0.1) is 11.8 Å². The second-order valence-electron chi connectivity index (χ2n) is 5.72. The highest BCUT2D eigenvalue weighted by atomic mass is 16.5. The quantitative estimate of drug-likeness (QED) is 0.731. The molecule has 0 aromatic heterocycles. The minimum absolute atomic E-state index is 0.00469. The summed E-state index contributed by atoms with van der Waals surface area (Å²) in [6.07, 6.45) is 1.18. The standard InChI is InChI=1S/C13H21N2O4/c1-8-13(4,9(16)7-19-8)15-10(17)5-6-12(2,3)11(14)18/h5,8H,6-7H2,1-4H3,(H2,14,18)(H,15,17). The molecule has 107 valence electrons. The molecular weight excluding hydrogens is 248 g/mol. The van der Waals surface area contributed by atoms with Gasteiger partial charge in [-0.25, -0.2) is 0 Å². The molecular formula is C13H21N2O4. The molecule has 1 aliphatic heterocycles. The van der Waals surface area contributed by atoms with Crippen LogP contribution >= 0.6 is 0 Å². The van der Waals surface area contributed by atoms with E-state index in [0.717, 1.165) is 0 Å². The molecule has 1 saturated heterocycles. The normalized spacial score (nSPS) is 27.4. The van der Waals surface area contributed by atoms with Crippen molar-refractivity contribution in [2.75, 3.05) is 6.61 Å². The van der Waals surface area contributed by atoms with Crippen molar-refractivity contribution < 1.29 is 19.1 Å². The van der Waals surface area contributed by atoms with E-state index in [1.165, 1.54) is 6.42 Å². The van der Waals surface area contributed by atoms with Crippen LogP contribution in [0.3, 0.4) is 0 Å². The van der Waals surface area contributed by atoms with Gasteiger partial charge in [-0.05, 0) is 20.3 Å². The zero-order chi connectivity index (χ0) is 14.8. The lowest BCUT2D eigenvalue weighted by Gasteiger charge is -2.28. The average molecular weight is 269 g/mol. The molecule has 2 unspecified atom stereocenters. The van der Waals surface area contributed by atoms with Crippen LogP contribution in [-0.2, 0) is 19.1 Å². The summed E-state index contributed by atoms with van der Waals surface area (Å²) >= 11 is 0. The Hall–Kier alpha value is -1.43. The minimum atomic E-state index is -1.01. The van der Waals surface area contributed by atoms with Gasteiger partial charge in [-0.2, -0.15) is 0 Å². The molecule has 19 heavy (non-hydrogen) atoms. The van der Waals surface area contributed by atoms with Crippen molar-refractivity contribution in [3.63, 3.8) is 0 Å². The van der Waals surface area contributed by atoms with Gasteiger partial charge < -0.3 is 15.8 Å². The SMILES string of the molecule is CC1OCC(=O)C1(C)NC(=O)[CH]CC(C)(C)C(N)=O. The average Bonchev–Trinajstić information content (AvgIpc) is 2.54. The van der Waals surface area contributed by atoms with Crippen LogP contribution in [0.1, 0.15) is 34.1 Å². The zero-order valence-electron chi connectivity index (χ0n) is 11.8. The van der Waals surface area contributed by atoms with E-state index in [1.807, 2.05) is 0 Å². The number of hydrogen-bond donors (Lipinski definition) is 2. The second kappa shape index (κ2) is 5.28. The van der Waals surface area contributed by atoms with Crippen LogP contribution in [0.5, 0.6) is 0 Å². The van der Waals surface area contributed by atoms with Gasteiger partial charge in [-0.15, -0.1) is 0 Å². The number of nitrogens with two attached hydrogens (primary N) is 1. The number of nitrogens with one attached hydrogen (secondary N) is 1. The molecule has 0 spiro atoms. The Morgan fingerprint density at radius 1 is 1.58 bits per heavy atom. The van der Waals surface area contributed by atoms with E-state index in [4.69, 9.17) is 10.5 Å². The first-order valence-corrected chi connectivity index (χ1v) is 6.20. The fourth-order valence-electron chi connectivity index (χ4n) is 1.67. The van der Waals surface area contributed by atoms with Crippen LogP contribution in [0.2, 0.25) is 0 Å². The van der Waals surface area contributed by atoms with Gasteiger partial charge in [0.15, 0.2) is 5.78 Å². The van der Waals surface area contributed by atoms with Crippen molar-refractivity contribution in [1.29, 1.82) is 0 Å². The number of ether oxygens (including phenoxy) is 1. The molecule has 1 fully saturated rings. The number of Topliss-reactive ketones (excluding diaryl/α,β-unsaturated/α-hetero) is 1. The van der Waals surface area contributed by atoms with E-state index in [2.05, 4.69) is 5.32 Å². The Balaban J connectivity index is 2.57. The first kappa shape index (κ1) is 15.6. The lowest BCUT2D eigenvalue weighted by molar-refractivity contribution is -0.129. The molecule has 0 saturated carbocycles. The lowest BCUT2D eigenvalue weighted by Crippen LogP contribution is -2.55. The van der Waals surface area contributed by atoms with Crippen LogP contribution in [0.15, 0.2) is 0 Å². The number of primary amides is 1. The molecule has 6 nitrogen and oxygen atoms in total. The van der Waals surface area contributed by atoms with Gasteiger partial charge in [0, 0.05) is 5.41 Å². The molecule has 2 atom stereocenters. The van der Waals surface area contributed by atoms with Crippen molar-refractivity contribution in [2.24, 2.45) is 11.1 Å². The monoisotopic (exact) mass is 269 g/mol. The van der Waals surface area contributed by atoms with Gasteiger partial charge in [-0.1, -0.05) is 13.8 Å². The summed E-state index contributed by atoms with van der Waals surface area (Å²) in [4.78, 5) is 34.7. The molecule has 3 N–H and O–H groups in total. The van der Waals surface area contributed by atoms with E-state index in [-0.39, 0.29) is 24.9 Å². The van der Waals surface area contributed by atoms with E-state index >= 15 is 0 Å². The van der Waals surface area contributed by atoms with Crippen molar-refractivity contribution in [3.05, 3.63) is 6.42 Å². The van der Waals surface area contributed by atoms with Gasteiger partial charge >= 0.3 is 0 Å². The molecule has 2 amide bonds. The molecule has 1 radical (unpaired) electrons. The highest BCUT2D eigenvalue weighted by Gasteiger charge is 2.46. The largest absolute Gasteiger partial charge is 0.369 e. The summed E-state index contributed by atoms with van der Waals surface area (Å²) in [6, 6.07) is 0. The molecule has 0 aromatic carbocycles. The van der Waals surface area contributed by atoms with Gasteiger partial charge in [0.05, 0.1) is 12.5 Å². The summed E-state index contributed by atoms with van der Waals surface area (Å²) in [7, 11) is 0. The second-order valence-corrected chi connectivity index (χ2v) is 5.72. The van der Waals surface area contributed by atoms with Crippen molar-refractivity contribution in [3.8, 4) is 0 Å². The number of ketones is 1. The third kappa shape index (κ3) is 3.32. The van der Waals surface area contributed by atoms with Gasteiger partial charge in [-0.3, -0.25) is 14.4 Å². The van der Waals surface area contributed by atoms with Crippen LogP contribution < -0.4 is 11.1 Å². The van der Waals surface area contributed by atoms with E-state index in [1.54, 1.807) is 27.7 Å². The number of amides is 2. The van der Waals surface area contributed by atoms with Crippen molar-refractivity contribution >= 4 is 17.6 Å². The van der Waals surface area contributed by atoms with Gasteiger partial charge in [0.25, 0.3) is 0 Å². The fraction of sp³-hybridized carbons (Fsp3) is 0.692. The Labute approximate surface area is 113 Å². The summed E-state index contributed by atoms with van der Waals surface area (Å²) < 4.78 is 5.21. The van der Waals surface area contributed by atoms with E-state index < -0.39 is 22.8 Å². The predicted octanol–water partition coefficient (Wildman–Crippen LogP) is -0.0450. The summed E-state index contributed by atoms with van der Waals surface area (Å²) in [6.45, 7) is 6.70. The smallest absolute Gasteiger partial charge is 0.224 e. The Morgan fingerprint density at radius 3 is 2.58 bits per heavy atom. The topological polar surface area (TPSA) is 98.5 Å². The maximum absolute atomic E-state index is 11.8. The van der Waals surface area contributed by atoms with Crippen LogP contribution in [-0.4, -0.2) is 35.8 Å². The molecule has 1 heterocycles. The summed E-state index contributed by atoms with van der Waals surface area (Å²) in [5.74, 6) is -1.03. The highest BCUT2D eigenvalue weighted by Crippen LogP contribution is 2.24. The third-order valence-electron chi connectivity index (χ3n) is 3.70. The maximum Gasteiger partial charge on any atom is 0.224 e. The maximum atomic E-state index is 11.8. The van der Waals surface area contributed by atoms with Gasteiger partial charge in [0.2, 0.25) is 11.8 Å². The van der Waals surface area contributed by atoms with Crippen LogP contribution in [0.25, 0.3) is 0 Å². The first-order chi connectivity index (χ1) is 8.59. The van der Waals surface area contributed by atoms with Gasteiger partial charge in [0.1, 0.15) is 12.1 Å². The van der Waals surface area contributed by atoms with E-state index in [0.29, 0.717) is 0 Å². The highest BCUT2D eigenvalue weighted by molar-refractivity contribution is 5.97. The lowest BCUT2D eigenvalue weighted by atomic mass is 9.86. The number of hydrogen-bond acceptors (Lipinski definition) is 4. The fourth-order valence-corrected chi connectivity index (χ4v) is 1.67. The molecule has 1 aliphatic rings. The molecule has 0 bridgehead atoms. The summed E-state index contributed by atoms with van der Waals surface area (Å²) in [5, 5.41) is 2.65. The molecule has 0 aromatic rings. The van der Waals surface area contributed by atoms with Crippen molar-refractivity contribution in [1.82, 2.24) is 5.32 Å². The minimum Gasteiger partial charge on any atom is -0.369 e. The molecule has 0 aliphatic carbocycles. The number of carbonyl (C=O) groups excluding carboxylic acids is 3. The Bertz CT molecular complexity index is 405. The van der Waals surface area contributed by atoms with Crippen LogP contribution in [0.4, 0.5) is 0 Å². The van der Waals surface area contributed by atoms with E-state index in [9.17, 15) is 14.4 Å². The number of carbonyl (C=O) groups is 3. The number of rotatable bonds is 5. The Morgan fingerprint density at radius 2 is 2.16 bits per heavy atom. The molecule has 1 rings (SSSR count). The zero-order valence-corrected chi connectivity index (χ0v) is 11.8. The molecule has 6 heteroatoms. The summed E-state index contributed by atoms with van der Waals surface area (Å²) in [5.41, 5.74) is 3.42. The first-order valence-electron chi connectivity index (χ1n) is 6.20. The third-order valence-corrected chi connectivity index (χ3v) is 3.70. The van der Waals surface area contributed by atoms with Crippen molar-refractivity contribution in [2.45, 2.75) is 45.8 Å². The predicted molar refractivity (Wildman–Crippen MR) is 68.9 cm³/mol. The Kier molecular flexibility index (Phi) is 4.35.